The van der Waals surface area contributed by atoms with Gasteiger partial charge in [-0.2, -0.15) is 0 Å². The van der Waals surface area contributed by atoms with E-state index in [9.17, 15) is 0 Å². The highest BCUT2D eigenvalue weighted by Gasteiger charge is 2.31. The van der Waals surface area contributed by atoms with Crippen LogP contribution in [0.5, 0.6) is 0 Å². The Kier molecular flexibility index (Phi) is 29.8. The maximum atomic E-state index is 6.86. The van der Waals surface area contributed by atoms with E-state index >= 15 is 0 Å². The van der Waals surface area contributed by atoms with E-state index in [-0.39, 0.29) is 12.2 Å². The van der Waals surface area contributed by atoms with E-state index in [1.807, 2.05) is 0 Å². The molecule has 0 aromatic carbocycles. The fraction of sp³-hybridized carbons (Fsp3) is 1.00. The molecule has 11 heteroatoms. The van der Waals surface area contributed by atoms with Gasteiger partial charge in [-0.3, -0.25) is 0 Å². The van der Waals surface area contributed by atoms with Crippen molar-refractivity contribution in [1.29, 1.82) is 5.53 Å². The van der Waals surface area contributed by atoms with Crippen molar-refractivity contribution in [3.63, 3.8) is 0 Å². The molecular formula is C29H65N3O6Si2. The van der Waals surface area contributed by atoms with Crippen LogP contribution in [0.15, 0.2) is 0 Å². The number of rotatable bonds is 28. The van der Waals surface area contributed by atoms with Gasteiger partial charge in [0.15, 0.2) is 16.6 Å². The van der Waals surface area contributed by atoms with E-state index in [4.69, 9.17) is 38.9 Å². The fourth-order valence-corrected chi connectivity index (χ4v) is 9.19. The maximum Gasteiger partial charge on any atom is 0.187 e. The molecule has 0 aliphatic rings. The highest BCUT2D eigenvalue weighted by molar-refractivity contribution is 6.71. The molecule has 0 rings (SSSR count). The van der Waals surface area contributed by atoms with E-state index in [1.165, 1.54) is 63.8 Å². The first kappa shape index (κ1) is 41.6. The summed E-state index contributed by atoms with van der Waals surface area (Å²) in [4.78, 5) is 1.75. The Bertz CT molecular complexity index is 582. The van der Waals surface area contributed by atoms with Gasteiger partial charge in [-0.1, -0.05) is 64.7 Å². The van der Waals surface area contributed by atoms with Crippen molar-refractivity contribution in [1.82, 2.24) is 0 Å². The zero-order chi connectivity index (χ0) is 30.5. The Morgan fingerprint density at radius 1 is 0.600 bits per heavy atom. The zero-order valence-corrected chi connectivity index (χ0v) is 29.4. The Labute approximate surface area is 249 Å². The van der Waals surface area contributed by atoms with Gasteiger partial charge in [0.1, 0.15) is 0 Å². The average molecular weight is 608 g/mol. The molecule has 0 fully saturated rings. The Morgan fingerprint density at radius 2 is 0.950 bits per heavy atom. The molecule has 0 saturated carbocycles. The third kappa shape index (κ3) is 30.5. The first-order chi connectivity index (χ1) is 19.0. The summed E-state index contributed by atoms with van der Waals surface area (Å²) in [5, 5.41) is 0. The topological polar surface area (TPSA) is 116 Å². The molecule has 9 nitrogen and oxygen atoms in total. The van der Waals surface area contributed by atoms with Gasteiger partial charge in [0.2, 0.25) is 0 Å². The van der Waals surface area contributed by atoms with Crippen LogP contribution in [0.25, 0.3) is 10.4 Å². The number of ether oxygens (including phenoxy) is 4. The van der Waals surface area contributed by atoms with E-state index < -0.39 is 16.6 Å². The summed E-state index contributed by atoms with van der Waals surface area (Å²) in [5.41, 5.74) is 12.2. The Morgan fingerprint density at radius 3 is 1.38 bits per heavy atom. The van der Waals surface area contributed by atoms with Crippen LogP contribution >= 0.6 is 0 Å². The average Bonchev–Trinajstić information content (AvgIpc) is 2.88. The van der Waals surface area contributed by atoms with Gasteiger partial charge in [-0.25, -0.2) is 0 Å². The number of hydrogen-bond acceptors (Lipinski definition) is 7. The number of hydrogen-bond donors (Lipinski definition) is 1. The highest BCUT2D eigenvalue weighted by atomic mass is 28.4. The van der Waals surface area contributed by atoms with Gasteiger partial charge in [0.25, 0.3) is 0 Å². The minimum atomic E-state index is -1.76. The summed E-state index contributed by atoms with van der Waals surface area (Å²) in [6, 6.07) is 2.35. The summed E-state index contributed by atoms with van der Waals surface area (Å²) in [6.45, 7) is 20.5. The molecular weight excluding hydrogens is 543 g/mol. The number of methoxy groups -OCH3 is 1. The lowest BCUT2D eigenvalue weighted by Crippen LogP contribution is -2.44. The normalized spacial score (nSPS) is 13.4. The second-order valence-electron chi connectivity index (χ2n) is 11.8. The van der Waals surface area contributed by atoms with Crippen molar-refractivity contribution >= 4 is 16.6 Å². The lowest BCUT2D eigenvalue weighted by molar-refractivity contribution is 0.00359. The predicted molar refractivity (Wildman–Crippen MR) is 171 cm³/mol. The molecule has 0 bridgehead atoms. The first-order valence-electron chi connectivity index (χ1n) is 15.6. The molecule has 240 valence electrons. The van der Waals surface area contributed by atoms with Crippen LogP contribution in [-0.4, -0.2) is 82.2 Å². The molecule has 0 aliphatic carbocycles. The van der Waals surface area contributed by atoms with Crippen LogP contribution < -0.4 is 0 Å². The summed E-state index contributed by atoms with van der Waals surface area (Å²) >= 11 is 0. The zero-order valence-electron chi connectivity index (χ0n) is 27.4. The van der Waals surface area contributed by atoms with Gasteiger partial charge in [0, 0.05) is 13.7 Å². The molecule has 0 aromatic heterocycles. The SMILES string of the molecule is CCCCCCCCCCC[Si](C)(C)OC(C)[C@@H](C)O[Si](C)(C)CCCOCCOCCOCCOC.[N-]=[N+]=N. The quantitative estimate of drug-likeness (QED) is 0.0313. The number of nitrogens with one attached hydrogen (secondary N) is 1. The summed E-state index contributed by atoms with van der Waals surface area (Å²) in [7, 11) is -1.74. The van der Waals surface area contributed by atoms with Crippen LogP contribution in [0.1, 0.15) is 85.0 Å². The van der Waals surface area contributed by atoms with Crippen molar-refractivity contribution < 1.29 is 27.8 Å². The highest BCUT2D eigenvalue weighted by Crippen LogP contribution is 2.23. The van der Waals surface area contributed by atoms with Gasteiger partial charge in [-0.15, -0.1) is 5.53 Å². The van der Waals surface area contributed by atoms with Crippen LogP contribution in [0.4, 0.5) is 0 Å². The second kappa shape index (κ2) is 28.6. The third-order valence-corrected chi connectivity index (χ3v) is 11.9. The van der Waals surface area contributed by atoms with Gasteiger partial charge < -0.3 is 27.8 Å². The van der Waals surface area contributed by atoms with Gasteiger partial charge in [-0.05, 0) is 69.0 Å². The van der Waals surface area contributed by atoms with Crippen LogP contribution in [-0.2, 0) is 27.8 Å². The summed E-state index contributed by atoms with van der Waals surface area (Å²) < 4.78 is 34.8. The van der Waals surface area contributed by atoms with Crippen molar-refractivity contribution in [2.24, 2.45) is 0 Å². The second-order valence-corrected chi connectivity index (χ2v) is 20.3. The molecule has 0 aliphatic heterocycles. The van der Waals surface area contributed by atoms with Crippen molar-refractivity contribution in [2.45, 2.75) is 135 Å². The standard InChI is InChI=1S/C29H64O6Si2.HN3/c1-9-10-11-12-13-14-15-16-17-26-36(5,6)34-28(2)29(3)35-37(7,8)27-18-19-31-22-23-33-25-24-32-21-20-30-4;1-3-2/h28-29H,9-27H2,1-8H3;1H/t28?,29-;/m1./s1. The van der Waals surface area contributed by atoms with Crippen molar-refractivity contribution in [3.05, 3.63) is 10.4 Å². The van der Waals surface area contributed by atoms with Crippen LogP contribution in [0.2, 0.25) is 38.3 Å². The van der Waals surface area contributed by atoms with E-state index in [0.29, 0.717) is 39.6 Å². The predicted octanol–water partition coefficient (Wildman–Crippen LogP) is 8.70. The van der Waals surface area contributed by atoms with Crippen LogP contribution in [0.3, 0.4) is 0 Å². The van der Waals surface area contributed by atoms with E-state index in [1.54, 1.807) is 12.0 Å². The Balaban J connectivity index is 0. The molecule has 0 radical (unpaired) electrons. The number of unbranched alkanes of at least 4 members (excludes halogenated alkanes) is 8. The van der Waals surface area contributed by atoms with E-state index in [0.717, 1.165) is 19.1 Å². The van der Waals surface area contributed by atoms with Gasteiger partial charge >= 0.3 is 0 Å². The smallest absolute Gasteiger partial charge is 0.187 e. The third-order valence-electron chi connectivity index (χ3n) is 6.80. The molecule has 40 heavy (non-hydrogen) atoms. The molecule has 1 unspecified atom stereocenters. The summed E-state index contributed by atoms with van der Waals surface area (Å²) in [6.07, 6.45) is 13.7. The summed E-state index contributed by atoms with van der Waals surface area (Å²) in [5.74, 6) is 0. The fourth-order valence-electron chi connectivity index (χ4n) is 4.46. The minimum absolute atomic E-state index is 0.136. The lowest BCUT2D eigenvalue weighted by Gasteiger charge is -2.35. The van der Waals surface area contributed by atoms with Crippen molar-refractivity contribution in [3.8, 4) is 0 Å². The molecule has 0 spiro atoms. The molecule has 2 atom stereocenters. The minimum Gasteiger partial charge on any atom is -0.412 e. The van der Waals surface area contributed by atoms with Crippen LogP contribution in [0, 0.1) is 5.53 Å². The Hall–Kier alpha value is -0.496. The molecule has 0 heterocycles. The first-order valence-corrected chi connectivity index (χ1v) is 21.9. The largest absolute Gasteiger partial charge is 0.412 e. The maximum absolute atomic E-state index is 6.86. The molecule has 0 saturated heterocycles. The van der Waals surface area contributed by atoms with Crippen molar-refractivity contribution in [2.75, 3.05) is 53.4 Å². The van der Waals surface area contributed by atoms with Gasteiger partial charge in [0.05, 0.1) is 51.8 Å². The lowest BCUT2D eigenvalue weighted by atomic mass is 10.1. The molecule has 1 N–H and O–H groups in total. The molecule has 0 amide bonds. The van der Waals surface area contributed by atoms with E-state index in [2.05, 4.69) is 47.0 Å². The monoisotopic (exact) mass is 607 g/mol. The number of nitrogens with zero attached hydrogens (tertiary/aromatic N) is 2. The molecule has 0 aromatic rings.